The van der Waals surface area contributed by atoms with E-state index in [9.17, 15) is 13.5 Å². The van der Waals surface area contributed by atoms with Gasteiger partial charge in [-0.3, -0.25) is 4.72 Å². The Kier molecular flexibility index (Phi) is 6.13. The molecule has 1 atom stereocenters. The number of furan rings is 1. The van der Waals surface area contributed by atoms with Crippen LogP contribution in [0.4, 0.5) is 5.69 Å². The van der Waals surface area contributed by atoms with Gasteiger partial charge in [0.2, 0.25) is 10.0 Å². The van der Waals surface area contributed by atoms with Gasteiger partial charge in [-0.1, -0.05) is 30.3 Å². The zero-order chi connectivity index (χ0) is 21.8. The van der Waals surface area contributed by atoms with Crippen molar-refractivity contribution in [2.45, 2.75) is 6.10 Å². The minimum absolute atomic E-state index is 0.314. The lowest BCUT2D eigenvalue weighted by atomic mass is 10.1. The summed E-state index contributed by atoms with van der Waals surface area (Å²) in [5.74, 6) is 0.716. The van der Waals surface area contributed by atoms with Crippen molar-refractivity contribution in [1.82, 2.24) is 5.32 Å². The first-order valence-electron chi connectivity index (χ1n) is 9.90. The number of para-hydroxylation sites is 1. The summed E-state index contributed by atoms with van der Waals surface area (Å²) in [5, 5.41) is 15.6. The molecule has 1 aromatic heterocycles. The van der Waals surface area contributed by atoms with E-state index in [4.69, 9.17) is 9.15 Å². The van der Waals surface area contributed by atoms with Gasteiger partial charge < -0.3 is 19.6 Å². The van der Waals surface area contributed by atoms with Gasteiger partial charge in [-0.25, -0.2) is 8.42 Å². The molecule has 0 saturated heterocycles. The Labute approximate surface area is 180 Å². The molecular weight excluding hydrogens is 416 g/mol. The number of benzene rings is 3. The Morgan fingerprint density at radius 1 is 1.00 bits per heavy atom. The first-order valence-corrected chi connectivity index (χ1v) is 11.8. The molecule has 0 aliphatic heterocycles. The molecule has 0 spiro atoms. The molecule has 3 N–H and O–H groups in total. The van der Waals surface area contributed by atoms with Crippen LogP contribution < -0.4 is 14.8 Å². The Bertz CT molecular complexity index is 1300. The van der Waals surface area contributed by atoms with Gasteiger partial charge in [0.15, 0.2) is 0 Å². The van der Waals surface area contributed by atoms with E-state index in [2.05, 4.69) is 10.0 Å². The number of aliphatic hydroxyl groups excluding tert-OH is 1. The lowest BCUT2D eigenvalue weighted by molar-refractivity contribution is 0.172. The van der Waals surface area contributed by atoms with Crippen molar-refractivity contribution < 1.29 is 22.7 Å². The number of aliphatic hydroxyl groups is 1. The molecule has 7 nitrogen and oxygen atoms in total. The van der Waals surface area contributed by atoms with Crippen LogP contribution in [0.5, 0.6) is 5.75 Å². The van der Waals surface area contributed by atoms with Gasteiger partial charge in [-0.05, 0) is 35.9 Å². The predicted octanol–water partition coefficient (Wildman–Crippen LogP) is 3.66. The van der Waals surface area contributed by atoms with Crippen LogP contribution in [0.2, 0.25) is 0 Å². The molecule has 3 aromatic carbocycles. The van der Waals surface area contributed by atoms with Crippen LogP contribution in [0.15, 0.2) is 71.1 Å². The summed E-state index contributed by atoms with van der Waals surface area (Å²) in [6.07, 6.45) is 0.317. The van der Waals surface area contributed by atoms with Gasteiger partial charge in [0.25, 0.3) is 0 Å². The van der Waals surface area contributed by atoms with Crippen molar-refractivity contribution in [2.24, 2.45) is 0 Å². The zero-order valence-corrected chi connectivity index (χ0v) is 17.9. The maximum absolute atomic E-state index is 11.4. The van der Waals surface area contributed by atoms with E-state index in [-0.39, 0.29) is 0 Å². The number of fused-ring (bicyclic) bond motifs is 3. The Morgan fingerprint density at radius 3 is 2.65 bits per heavy atom. The molecule has 0 saturated carbocycles. The van der Waals surface area contributed by atoms with E-state index in [1.165, 1.54) is 0 Å². The summed E-state index contributed by atoms with van der Waals surface area (Å²) in [7, 11) is -3.36. The van der Waals surface area contributed by atoms with E-state index in [0.717, 1.165) is 28.2 Å². The summed E-state index contributed by atoms with van der Waals surface area (Å²) >= 11 is 0. The Balaban J connectivity index is 1.27. The standard InChI is InChI=1S/C23H24N2O5S/c1-31(27,28)25-17-6-4-5-16(13-17)21(26)15-24-11-12-29-18-9-10-20-19-7-2-3-8-22(19)30-23(20)14-18/h2-10,13-14,21,24-26H,11-12,15H2,1H3/t21-/m0/s1. The minimum atomic E-state index is -3.36. The van der Waals surface area contributed by atoms with Crippen molar-refractivity contribution in [3.05, 3.63) is 72.3 Å². The maximum Gasteiger partial charge on any atom is 0.229 e. The number of rotatable bonds is 9. The molecule has 0 aliphatic carbocycles. The van der Waals surface area contributed by atoms with Crippen molar-refractivity contribution in [2.75, 3.05) is 30.7 Å². The van der Waals surface area contributed by atoms with E-state index < -0.39 is 16.1 Å². The third-order valence-corrected chi connectivity index (χ3v) is 5.42. The Hall–Kier alpha value is -3.07. The van der Waals surface area contributed by atoms with Crippen molar-refractivity contribution in [1.29, 1.82) is 0 Å². The molecule has 0 radical (unpaired) electrons. The fraction of sp³-hybridized carbons (Fsp3) is 0.217. The highest BCUT2D eigenvalue weighted by molar-refractivity contribution is 7.92. The predicted molar refractivity (Wildman–Crippen MR) is 122 cm³/mol. The van der Waals surface area contributed by atoms with Crippen molar-refractivity contribution in [3.8, 4) is 5.75 Å². The molecule has 4 aromatic rings. The third kappa shape index (κ3) is 5.35. The first kappa shape index (κ1) is 21.2. The lowest BCUT2D eigenvalue weighted by Crippen LogP contribution is -2.26. The van der Waals surface area contributed by atoms with Crippen LogP contribution in [0.3, 0.4) is 0 Å². The summed E-state index contributed by atoms with van der Waals surface area (Å²) in [5.41, 5.74) is 2.67. The number of sulfonamides is 1. The van der Waals surface area contributed by atoms with E-state index in [1.54, 1.807) is 24.3 Å². The average Bonchev–Trinajstić information content (AvgIpc) is 3.10. The molecule has 8 heteroatoms. The second kappa shape index (κ2) is 8.97. The van der Waals surface area contributed by atoms with Crippen molar-refractivity contribution >= 4 is 37.6 Å². The lowest BCUT2D eigenvalue weighted by Gasteiger charge is -2.14. The number of nitrogens with one attached hydrogen (secondary N) is 2. The number of ether oxygens (including phenoxy) is 1. The maximum atomic E-state index is 11.4. The number of hydrogen-bond donors (Lipinski definition) is 3. The van der Waals surface area contributed by atoms with Gasteiger partial charge in [0.1, 0.15) is 23.5 Å². The molecule has 31 heavy (non-hydrogen) atoms. The summed E-state index contributed by atoms with van der Waals surface area (Å²) in [4.78, 5) is 0. The zero-order valence-electron chi connectivity index (χ0n) is 17.0. The number of anilines is 1. The summed E-state index contributed by atoms with van der Waals surface area (Å²) in [6.45, 7) is 1.28. The molecule has 0 aliphatic rings. The van der Waals surface area contributed by atoms with Crippen LogP contribution >= 0.6 is 0 Å². The second-order valence-electron chi connectivity index (χ2n) is 7.32. The fourth-order valence-corrected chi connectivity index (χ4v) is 3.97. The highest BCUT2D eigenvalue weighted by Gasteiger charge is 2.10. The normalized spacial score (nSPS) is 12.8. The Morgan fingerprint density at radius 2 is 1.81 bits per heavy atom. The van der Waals surface area contributed by atoms with E-state index in [1.807, 2.05) is 42.5 Å². The fourth-order valence-electron chi connectivity index (χ4n) is 3.42. The summed E-state index contributed by atoms with van der Waals surface area (Å²) < 4.78 is 36.8. The first-order chi connectivity index (χ1) is 14.9. The van der Waals surface area contributed by atoms with Crippen LogP contribution in [0.25, 0.3) is 21.9 Å². The van der Waals surface area contributed by atoms with Crippen LogP contribution in [0, 0.1) is 0 Å². The quantitative estimate of drug-likeness (QED) is 0.344. The average molecular weight is 441 g/mol. The van der Waals surface area contributed by atoms with Crippen LogP contribution in [-0.4, -0.2) is 39.5 Å². The molecule has 0 bridgehead atoms. The molecule has 0 amide bonds. The van der Waals surface area contributed by atoms with Gasteiger partial charge in [-0.2, -0.15) is 0 Å². The molecule has 1 heterocycles. The SMILES string of the molecule is CS(=O)(=O)Nc1cccc([C@@H](O)CNCCOc2ccc3c(c2)oc2ccccc23)c1. The van der Waals surface area contributed by atoms with Gasteiger partial charge >= 0.3 is 0 Å². The van der Waals surface area contributed by atoms with E-state index in [0.29, 0.717) is 36.7 Å². The third-order valence-electron chi connectivity index (χ3n) is 4.81. The molecule has 162 valence electrons. The molecular formula is C23H24N2O5S. The molecule has 0 unspecified atom stereocenters. The largest absolute Gasteiger partial charge is 0.492 e. The molecule has 0 fully saturated rings. The second-order valence-corrected chi connectivity index (χ2v) is 9.07. The topological polar surface area (TPSA) is 101 Å². The number of hydrogen-bond acceptors (Lipinski definition) is 6. The van der Waals surface area contributed by atoms with Gasteiger partial charge in [0, 0.05) is 35.6 Å². The monoisotopic (exact) mass is 440 g/mol. The van der Waals surface area contributed by atoms with Gasteiger partial charge in [0.05, 0.1) is 12.4 Å². The summed E-state index contributed by atoms with van der Waals surface area (Å²) in [6, 6.07) is 20.4. The highest BCUT2D eigenvalue weighted by atomic mass is 32.2. The van der Waals surface area contributed by atoms with Crippen LogP contribution in [0.1, 0.15) is 11.7 Å². The molecule has 4 rings (SSSR count). The van der Waals surface area contributed by atoms with Crippen LogP contribution in [-0.2, 0) is 10.0 Å². The van der Waals surface area contributed by atoms with Crippen molar-refractivity contribution in [3.63, 3.8) is 0 Å². The minimum Gasteiger partial charge on any atom is -0.492 e. The smallest absolute Gasteiger partial charge is 0.229 e. The highest BCUT2D eigenvalue weighted by Crippen LogP contribution is 2.30. The van der Waals surface area contributed by atoms with Gasteiger partial charge in [-0.15, -0.1) is 0 Å². The van der Waals surface area contributed by atoms with E-state index >= 15 is 0 Å².